The van der Waals surface area contributed by atoms with E-state index in [1.54, 1.807) is 5.38 Å². The number of fused-ring (bicyclic) bond motifs is 1. The number of aromatic nitrogens is 1. The summed E-state index contributed by atoms with van der Waals surface area (Å²) >= 11 is 1.43. The molecule has 0 radical (unpaired) electrons. The van der Waals surface area contributed by atoms with Crippen LogP contribution in [0.4, 0.5) is 0 Å². The lowest BCUT2D eigenvalue weighted by atomic mass is 9.87. The lowest BCUT2D eigenvalue weighted by Gasteiger charge is -2.38. The van der Waals surface area contributed by atoms with Gasteiger partial charge in [0.1, 0.15) is 23.1 Å². The van der Waals surface area contributed by atoms with E-state index in [4.69, 9.17) is 4.74 Å². The maximum atomic E-state index is 12.8. The Morgan fingerprint density at radius 1 is 1.17 bits per heavy atom. The van der Waals surface area contributed by atoms with E-state index in [-0.39, 0.29) is 17.9 Å². The molecule has 0 saturated heterocycles. The summed E-state index contributed by atoms with van der Waals surface area (Å²) in [4.78, 5) is 31.6. The van der Waals surface area contributed by atoms with Crippen LogP contribution in [-0.2, 0) is 17.8 Å². The third-order valence-corrected chi connectivity index (χ3v) is 7.58. The lowest BCUT2D eigenvalue weighted by molar-refractivity contribution is -0.132. The number of ether oxygens (including phenoxy) is 1. The molecule has 6 nitrogen and oxygen atoms in total. The second kappa shape index (κ2) is 10.2. The van der Waals surface area contributed by atoms with Crippen LogP contribution in [0.1, 0.15) is 70.0 Å². The molecule has 3 aromatic rings. The molecule has 1 aromatic heterocycles. The van der Waals surface area contributed by atoms with Gasteiger partial charge in [0.15, 0.2) is 0 Å². The zero-order chi connectivity index (χ0) is 24.4. The quantitative estimate of drug-likeness (QED) is 0.480. The van der Waals surface area contributed by atoms with Crippen LogP contribution in [0.5, 0.6) is 5.75 Å². The highest BCUT2D eigenvalue weighted by molar-refractivity contribution is 7.09. The molecule has 2 aromatic carbocycles. The minimum Gasteiger partial charge on any atom is -0.486 e. The van der Waals surface area contributed by atoms with Crippen LogP contribution >= 0.6 is 11.3 Å². The summed E-state index contributed by atoms with van der Waals surface area (Å²) in [6, 6.07) is 14.5. The van der Waals surface area contributed by atoms with Gasteiger partial charge in [0.2, 0.25) is 5.91 Å². The zero-order valence-corrected chi connectivity index (χ0v) is 21.1. The molecular formula is C28H31N3O3S. The smallest absolute Gasteiger partial charge is 0.270 e. The molecule has 1 atom stereocenters. The van der Waals surface area contributed by atoms with E-state index >= 15 is 0 Å². The number of thiazole rings is 1. The van der Waals surface area contributed by atoms with E-state index in [1.165, 1.54) is 35.3 Å². The highest BCUT2D eigenvalue weighted by Crippen LogP contribution is 2.37. The molecule has 7 heteroatoms. The largest absolute Gasteiger partial charge is 0.486 e. The Morgan fingerprint density at radius 2 is 1.97 bits per heavy atom. The zero-order valence-electron chi connectivity index (χ0n) is 20.3. The van der Waals surface area contributed by atoms with E-state index in [1.807, 2.05) is 17.9 Å². The second-order valence-electron chi connectivity index (χ2n) is 9.43. The van der Waals surface area contributed by atoms with Crippen LogP contribution in [0, 0.1) is 12.8 Å². The van der Waals surface area contributed by atoms with Gasteiger partial charge in [-0.2, -0.15) is 0 Å². The number of carbonyl (C=O) groups is 2. The number of nitrogens with one attached hydrogen (secondary N) is 1. The number of rotatable bonds is 8. The Bertz CT molecular complexity index is 1220. The SMILES string of the molecule is CCC(=O)N1CCc2ccc(OCc3nc(C(=O)NCC4CC4)cs3)cc2[C@@H]1c1ccc(C)cc1. The number of amides is 2. The first-order valence-electron chi connectivity index (χ1n) is 12.4. The molecule has 1 aliphatic carbocycles. The number of carbonyl (C=O) groups excluding carboxylic acids is 2. The van der Waals surface area contributed by atoms with Crippen LogP contribution in [0.25, 0.3) is 0 Å². The van der Waals surface area contributed by atoms with Crippen LogP contribution in [0.15, 0.2) is 47.8 Å². The summed E-state index contributed by atoms with van der Waals surface area (Å²) in [6.45, 7) is 5.73. The van der Waals surface area contributed by atoms with E-state index in [2.05, 4.69) is 53.6 Å². The third kappa shape index (κ3) is 5.40. The van der Waals surface area contributed by atoms with Gasteiger partial charge >= 0.3 is 0 Å². The molecule has 2 heterocycles. The Balaban J connectivity index is 1.33. The first kappa shape index (κ1) is 23.5. The molecule has 2 aliphatic rings. The van der Waals surface area contributed by atoms with E-state index in [0.717, 1.165) is 34.8 Å². The Hall–Kier alpha value is -3.19. The van der Waals surface area contributed by atoms with Crippen molar-refractivity contribution in [2.75, 3.05) is 13.1 Å². The molecule has 182 valence electrons. The monoisotopic (exact) mass is 489 g/mol. The standard InChI is InChI=1S/C28H31N3O3S/c1-3-26(32)31-13-12-20-10-11-22(14-23(20)27(31)21-8-4-18(2)5-9-21)34-16-25-30-24(17-35-25)28(33)29-15-19-6-7-19/h4-5,8-11,14,17,19,27H,3,6-7,12-13,15-16H2,1-2H3,(H,29,33)/t27-/m0/s1. The summed E-state index contributed by atoms with van der Waals surface area (Å²) in [6.07, 6.45) is 3.71. The van der Waals surface area contributed by atoms with Crippen LogP contribution in [-0.4, -0.2) is 34.8 Å². The molecule has 0 spiro atoms. The summed E-state index contributed by atoms with van der Waals surface area (Å²) in [5.41, 5.74) is 5.11. The summed E-state index contributed by atoms with van der Waals surface area (Å²) in [5.74, 6) is 1.41. The van der Waals surface area contributed by atoms with Gasteiger partial charge < -0.3 is 15.0 Å². The van der Waals surface area contributed by atoms with Gasteiger partial charge in [-0.3, -0.25) is 9.59 Å². The van der Waals surface area contributed by atoms with Gasteiger partial charge in [0, 0.05) is 24.9 Å². The molecule has 2 amide bonds. The second-order valence-corrected chi connectivity index (χ2v) is 10.4. The highest BCUT2D eigenvalue weighted by Gasteiger charge is 2.31. The molecule has 1 N–H and O–H groups in total. The summed E-state index contributed by atoms with van der Waals surface area (Å²) < 4.78 is 6.10. The molecule has 1 aliphatic heterocycles. The fraction of sp³-hybridized carbons (Fsp3) is 0.393. The van der Waals surface area contributed by atoms with Crippen LogP contribution in [0.2, 0.25) is 0 Å². The molecule has 0 bridgehead atoms. The van der Waals surface area contributed by atoms with Crippen molar-refractivity contribution in [1.82, 2.24) is 15.2 Å². The van der Waals surface area contributed by atoms with E-state index in [0.29, 0.717) is 31.2 Å². The highest BCUT2D eigenvalue weighted by atomic mass is 32.1. The molecular weight excluding hydrogens is 458 g/mol. The van der Waals surface area contributed by atoms with Crippen molar-refractivity contribution in [3.63, 3.8) is 0 Å². The van der Waals surface area contributed by atoms with Crippen molar-refractivity contribution < 1.29 is 14.3 Å². The fourth-order valence-corrected chi connectivity index (χ4v) is 5.22. The van der Waals surface area contributed by atoms with Crippen molar-refractivity contribution in [2.45, 2.75) is 52.2 Å². The first-order valence-corrected chi connectivity index (χ1v) is 13.2. The van der Waals surface area contributed by atoms with Crippen molar-refractivity contribution in [3.05, 3.63) is 80.8 Å². The van der Waals surface area contributed by atoms with Crippen molar-refractivity contribution in [2.24, 2.45) is 5.92 Å². The van der Waals surface area contributed by atoms with Gasteiger partial charge in [-0.25, -0.2) is 4.98 Å². The van der Waals surface area contributed by atoms with E-state index < -0.39 is 0 Å². The fourth-order valence-electron chi connectivity index (χ4n) is 4.54. The molecule has 5 rings (SSSR count). The minimum atomic E-state index is -0.128. The number of hydrogen-bond donors (Lipinski definition) is 1. The topological polar surface area (TPSA) is 71.5 Å². The predicted molar refractivity (Wildman–Crippen MR) is 137 cm³/mol. The van der Waals surface area contributed by atoms with Crippen molar-refractivity contribution in [3.8, 4) is 5.75 Å². The number of aryl methyl sites for hydroxylation is 1. The number of hydrogen-bond acceptors (Lipinski definition) is 5. The molecule has 1 fully saturated rings. The van der Waals surface area contributed by atoms with Gasteiger partial charge in [-0.1, -0.05) is 42.8 Å². The van der Waals surface area contributed by atoms with Gasteiger partial charge in [0.25, 0.3) is 5.91 Å². The predicted octanol–water partition coefficient (Wildman–Crippen LogP) is 5.05. The minimum absolute atomic E-state index is 0.116. The average molecular weight is 490 g/mol. The van der Waals surface area contributed by atoms with E-state index in [9.17, 15) is 9.59 Å². The Kier molecular flexibility index (Phi) is 6.86. The summed E-state index contributed by atoms with van der Waals surface area (Å²) in [7, 11) is 0. The molecule has 35 heavy (non-hydrogen) atoms. The van der Waals surface area contributed by atoms with Crippen LogP contribution < -0.4 is 10.1 Å². The summed E-state index contributed by atoms with van der Waals surface area (Å²) in [5, 5.41) is 5.50. The Morgan fingerprint density at radius 3 is 2.71 bits per heavy atom. The van der Waals surface area contributed by atoms with Gasteiger partial charge in [-0.05, 0) is 60.9 Å². The Labute approximate surface area is 210 Å². The van der Waals surface area contributed by atoms with Crippen molar-refractivity contribution >= 4 is 23.2 Å². The van der Waals surface area contributed by atoms with Crippen LogP contribution in [0.3, 0.4) is 0 Å². The maximum Gasteiger partial charge on any atom is 0.270 e. The van der Waals surface area contributed by atoms with Gasteiger partial charge in [-0.15, -0.1) is 11.3 Å². The number of benzene rings is 2. The average Bonchev–Trinajstić information content (AvgIpc) is 3.60. The molecule has 1 saturated carbocycles. The lowest BCUT2D eigenvalue weighted by Crippen LogP contribution is -2.40. The first-order chi connectivity index (χ1) is 17.0. The normalized spacial score (nSPS) is 17.1. The maximum absolute atomic E-state index is 12.8. The molecule has 0 unspecified atom stereocenters. The number of nitrogens with zero attached hydrogens (tertiary/aromatic N) is 2. The third-order valence-electron chi connectivity index (χ3n) is 6.76. The van der Waals surface area contributed by atoms with Gasteiger partial charge in [0.05, 0.1) is 6.04 Å². The van der Waals surface area contributed by atoms with Crippen molar-refractivity contribution in [1.29, 1.82) is 0 Å².